The van der Waals surface area contributed by atoms with Crippen LogP contribution < -0.4 is 0 Å². The van der Waals surface area contributed by atoms with Gasteiger partial charge in [-0.05, 0) is 11.8 Å². The summed E-state index contributed by atoms with van der Waals surface area (Å²) in [5, 5.41) is 0. The zero-order valence-corrected chi connectivity index (χ0v) is 6.23. The fourth-order valence-electron chi connectivity index (χ4n) is 0.274. The Morgan fingerprint density at radius 2 is 1.21 bits per heavy atom. The van der Waals surface area contributed by atoms with Gasteiger partial charge in [0, 0.05) is 0 Å². The molecule has 0 aliphatic heterocycles. The Bertz CT molecular complexity index is 251. The minimum Gasteiger partial charge on any atom is -0.243 e. The molecule has 82 valence electrons. The number of hydrogen-bond donors (Lipinski definition) is 0. The third-order valence-corrected chi connectivity index (χ3v) is 0.926. The highest BCUT2D eigenvalue weighted by Crippen LogP contribution is 2.34. The quantitative estimate of drug-likeness (QED) is 0.476. The predicted molar refractivity (Wildman–Crippen MR) is 29.7 cm³/mol. The van der Waals surface area contributed by atoms with Gasteiger partial charge in [0.2, 0.25) is 0 Å². The molecule has 0 fully saturated rings. The summed E-state index contributed by atoms with van der Waals surface area (Å²) in [7, 11) is 0. The average Bonchev–Trinajstić information content (AvgIpc) is 1.99. The minimum absolute atomic E-state index is 0.00819. The van der Waals surface area contributed by atoms with E-state index in [2.05, 4.69) is 0 Å². The molecule has 0 saturated carbocycles. The summed E-state index contributed by atoms with van der Waals surface area (Å²) < 4.78 is 92.6. The molecule has 0 aliphatic carbocycles. The van der Waals surface area contributed by atoms with Gasteiger partial charge >= 0.3 is 18.0 Å². The molecule has 0 aliphatic rings. The Morgan fingerprint density at radius 1 is 0.786 bits per heavy atom. The molecule has 0 radical (unpaired) electrons. The van der Waals surface area contributed by atoms with Crippen molar-refractivity contribution in [2.45, 2.75) is 18.0 Å². The van der Waals surface area contributed by atoms with Gasteiger partial charge in [-0.25, -0.2) is 4.39 Å². The molecule has 8 heteroatoms. The van der Waals surface area contributed by atoms with E-state index < -0.39 is 24.7 Å². The van der Waals surface area contributed by atoms with E-state index in [1.165, 1.54) is 0 Å². The van der Waals surface area contributed by atoms with E-state index >= 15 is 0 Å². The van der Waals surface area contributed by atoms with Crippen LogP contribution in [0, 0.1) is 11.8 Å². The first-order chi connectivity index (χ1) is 6.02. The van der Waals surface area contributed by atoms with Crippen molar-refractivity contribution in [3.05, 3.63) is 0 Å². The molecule has 0 atom stereocenters. The van der Waals surface area contributed by atoms with Crippen molar-refractivity contribution in [1.29, 1.82) is 0 Å². The average molecular weight is 226 g/mol. The van der Waals surface area contributed by atoms with E-state index in [-0.39, 0.29) is 11.8 Å². The van der Waals surface area contributed by atoms with E-state index in [4.69, 9.17) is 0 Å². The van der Waals surface area contributed by atoms with Gasteiger partial charge in [-0.1, -0.05) is 0 Å². The third kappa shape index (κ3) is 3.40. The molecule has 14 heavy (non-hydrogen) atoms. The lowest BCUT2D eigenvalue weighted by Crippen LogP contribution is -2.35. The van der Waals surface area contributed by atoms with Crippen molar-refractivity contribution < 1.29 is 35.1 Å². The van der Waals surface area contributed by atoms with Crippen LogP contribution in [0.3, 0.4) is 0 Å². The van der Waals surface area contributed by atoms with Crippen molar-refractivity contribution in [1.82, 2.24) is 0 Å². The molecule has 0 spiro atoms. The number of halogens is 8. The molecule has 0 nitrogen and oxygen atoms in total. The first-order valence-corrected chi connectivity index (χ1v) is 2.94. The van der Waals surface area contributed by atoms with Gasteiger partial charge in [0.15, 0.2) is 6.67 Å². The highest BCUT2D eigenvalue weighted by Gasteiger charge is 2.57. The van der Waals surface area contributed by atoms with Crippen molar-refractivity contribution in [2.75, 3.05) is 6.67 Å². The third-order valence-electron chi connectivity index (χ3n) is 0.926. The summed E-state index contributed by atoms with van der Waals surface area (Å²) in [6.45, 7) is -2.42. The smallest absolute Gasteiger partial charge is 0.243 e. The van der Waals surface area contributed by atoms with E-state index in [0.717, 1.165) is 0 Å². The SMILES string of the molecule is FCC(F)(F)C#CC(F)(F)C(F)(F)F. The van der Waals surface area contributed by atoms with E-state index in [0.29, 0.717) is 0 Å². The monoisotopic (exact) mass is 226 g/mol. The second kappa shape index (κ2) is 3.63. The lowest BCUT2D eigenvalue weighted by atomic mass is 10.3. The second-order valence-electron chi connectivity index (χ2n) is 2.16. The van der Waals surface area contributed by atoms with Gasteiger partial charge < -0.3 is 0 Å². The van der Waals surface area contributed by atoms with E-state index in [1.807, 2.05) is 0 Å². The Hall–Kier alpha value is -1.00. The van der Waals surface area contributed by atoms with Crippen LogP contribution in [0.5, 0.6) is 0 Å². The summed E-state index contributed by atoms with van der Waals surface area (Å²) in [5.74, 6) is -9.84. The maximum absolute atomic E-state index is 11.8. The van der Waals surface area contributed by atoms with Crippen molar-refractivity contribution in [3.63, 3.8) is 0 Å². The fourth-order valence-corrected chi connectivity index (χ4v) is 0.274. The normalized spacial score (nSPS) is 13.4. The fraction of sp³-hybridized carbons (Fsp3) is 0.667. The highest BCUT2D eigenvalue weighted by atomic mass is 19.4. The van der Waals surface area contributed by atoms with Crippen LogP contribution in [-0.4, -0.2) is 24.7 Å². The molecule has 0 aromatic carbocycles. The molecule has 0 heterocycles. The maximum Gasteiger partial charge on any atom is 0.466 e. The zero-order valence-electron chi connectivity index (χ0n) is 6.23. The van der Waals surface area contributed by atoms with Crippen LogP contribution in [0.4, 0.5) is 35.1 Å². The number of alkyl halides is 8. The Morgan fingerprint density at radius 3 is 1.50 bits per heavy atom. The summed E-state index contributed by atoms with van der Waals surface area (Å²) in [4.78, 5) is 0. The lowest BCUT2D eigenvalue weighted by molar-refractivity contribution is -0.254. The van der Waals surface area contributed by atoms with Crippen LogP contribution in [0.15, 0.2) is 0 Å². The van der Waals surface area contributed by atoms with Crippen LogP contribution in [0.1, 0.15) is 0 Å². The van der Waals surface area contributed by atoms with Gasteiger partial charge in [0.1, 0.15) is 0 Å². The first-order valence-electron chi connectivity index (χ1n) is 2.94. The Kier molecular flexibility index (Phi) is 3.37. The van der Waals surface area contributed by atoms with Crippen LogP contribution in [0.2, 0.25) is 0 Å². The zero-order chi connectivity index (χ0) is 11.6. The molecule has 0 aromatic heterocycles. The van der Waals surface area contributed by atoms with Crippen LogP contribution in [-0.2, 0) is 0 Å². The van der Waals surface area contributed by atoms with Crippen LogP contribution in [0.25, 0.3) is 0 Å². The minimum atomic E-state index is -6.05. The number of rotatable bonds is 1. The first kappa shape index (κ1) is 13.0. The second-order valence-corrected chi connectivity index (χ2v) is 2.16. The van der Waals surface area contributed by atoms with Crippen molar-refractivity contribution >= 4 is 0 Å². The van der Waals surface area contributed by atoms with Gasteiger partial charge in [0.25, 0.3) is 0 Å². The molecule has 0 aromatic rings. The molecule has 0 unspecified atom stereocenters. The summed E-state index contributed by atoms with van der Waals surface area (Å²) in [6, 6.07) is 0. The summed E-state index contributed by atoms with van der Waals surface area (Å²) in [6.07, 6.45) is -6.05. The summed E-state index contributed by atoms with van der Waals surface area (Å²) in [5.41, 5.74) is 0. The Labute approximate surface area is 72.9 Å². The largest absolute Gasteiger partial charge is 0.466 e. The maximum atomic E-state index is 11.8. The van der Waals surface area contributed by atoms with Gasteiger partial charge in [-0.15, -0.1) is 0 Å². The van der Waals surface area contributed by atoms with Gasteiger partial charge in [-0.3, -0.25) is 0 Å². The standard InChI is InChI=1S/C6H2F8/c7-3-4(8,9)1-2-5(10,11)6(12,13)14/h3H2. The van der Waals surface area contributed by atoms with E-state index in [1.54, 1.807) is 0 Å². The molecule has 0 rings (SSSR count). The van der Waals surface area contributed by atoms with Crippen molar-refractivity contribution in [2.24, 2.45) is 0 Å². The molecule has 0 amide bonds. The number of hydrogen-bond acceptors (Lipinski definition) is 0. The van der Waals surface area contributed by atoms with Crippen LogP contribution >= 0.6 is 0 Å². The molecule has 0 bridgehead atoms. The van der Waals surface area contributed by atoms with Gasteiger partial charge in [0.05, 0.1) is 0 Å². The van der Waals surface area contributed by atoms with Crippen molar-refractivity contribution in [3.8, 4) is 11.8 Å². The van der Waals surface area contributed by atoms with Gasteiger partial charge in [-0.2, -0.15) is 30.7 Å². The lowest BCUT2D eigenvalue weighted by Gasteiger charge is -2.13. The molecule has 0 N–H and O–H groups in total. The molecule has 0 saturated heterocycles. The molecular formula is C6H2F8. The predicted octanol–water partition coefficient (Wildman–Crippen LogP) is 2.79. The Balaban J connectivity index is 4.83. The van der Waals surface area contributed by atoms with E-state index in [9.17, 15) is 35.1 Å². The topological polar surface area (TPSA) is 0 Å². The molecular weight excluding hydrogens is 224 g/mol. The highest BCUT2D eigenvalue weighted by molar-refractivity contribution is 5.18. The summed E-state index contributed by atoms with van der Waals surface area (Å²) >= 11 is 0.